The summed E-state index contributed by atoms with van der Waals surface area (Å²) in [4.78, 5) is 12.6. The SMILES string of the molecule is CC=C(C)C(=O)OC1c2c(C)coc2CC23OC2CCC(C)(O)C13C. The second-order valence-corrected chi connectivity index (χ2v) is 8.20. The lowest BCUT2D eigenvalue weighted by Crippen LogP contribution is -2.63. The van der Waals surface area contributed by atoms with Gasteiger partial charge in [0.2, 0.25) is 0 Å². The third-order valence-corrected chi connectivity index (χ3v) is 7.00. The smallest absolute Gasteiger partial charge is 0.334 e. The number of aryl methyl sites for hydroxylation is 1. The molecule has 5 unspecified atom stereocenters. The molecule has 1 saturated carbocycles. The highest BCUT2D eigenvalue weighted by atomic mass is 16.6. The van der Waals surface area contributed by atoms with Gasteiger partial charge >= 0.3 is 5.97 Å². The number of ether oxygens (including phenoxy) is 2. The van der Waals surface area contributed by atoms with Gasteiger partial charge in [0.1, 0.15) is 17.5 Å². The van der Waals surface area contributed by atoms with Crippen molar-refractivity contribution in [2.45, 2.75) is 77.3 Å². The first-order valence-electron chi connectivity index (χ1n) is 8.99. The molecule has 5 atom stereocenters. The van der Waals surface area contributed by atoms with E-state index in [0.717, 1.165) is 23.3 Å². The van der Waals surface area contributed by atoms with Gasteiger partial charge in [0.15, 0.2) is 0 Å². The zero-order valence-electron chi connectivity index (χ0n) is 15.5. The number of carbonyl (C=O) groups is 1. The van der Waals surface area contributed by atoms with Crippen molar-refractivity contribution in [3.05, 3.63) is 34.8 Å². The van der Waals surface area contributed by atoms with E-state index in [4.69, 9.17) is 13.9 Å². The first-order chi connectivity index (χ1) is 11.7. The number of rotatable bonds is 2. The summed E-state index contributed by atoms with van der Waals surface area (Å²) in [7, 11) is 0. The number of allylic oxidation sites excluding steroid dienone is 1. The minimum absolute atomic E-state index is 0.0836. The molecule has 136 valence electrons. The molecule has 0 radical (unpaired) electrons. The van der Waals surface area contributed by atoms with E-state index in [1.807, 2.05) is 27.7 Å². The highest BCUT2D eigenvalue weighted by Crippen LogP contribution is 2.70. The molecule has 1 aliphatic heterocycles. The van der Waals surface area contributed by atoms with Gasteiger partial charge in [-0.25, -0.2) is 4.79 Å². The lowest BCUT2D eigenvalue weighted by molar-refractivity contribution is -0.200. The Morgan fingerprint density at radius 3 is 2.84 bits per heavy atom. The van der Waals surface area contributed by atoms with Gasteiger partial charge in [-0.3, -0.25) is 0 Å². The maximum Gasteiger partial charge on any atom is 0.334 e. The van der Waals surface area contributed by atoms with E-state index in [1.165, 1.54) is 0 Å². The molecule has 1 aromatic heterocycles. The molecule has 2 heterocycles. The van der Waals surface area contributed by atoms with Crippen LogP contribution in [0, 0.1) is 12.3 Å². The van der Waals surface area contributed by atoms with E-state index in [9.17, 15) is 9.90 Å². The number of carbonyl (C=O) groups excluding carboxylic acids is 1. The predicted octanol–water partition coefficient (Wildman–Crippen LogP) is 3.38. The molecule has 1 saturated heterocycles. The van der Waals surface area contributed by atoms with E-state index >= 15 is 0 Å². The Bertz CT molecular complexity index is 773. The summed E-state index contributed by atoms with van der Waals surface area (Å²) in [6.45, 7) is 9.35. The summed E-state index contributed by atoms with van der Waals surface area (Å²) >= 11 is 0. The minimum Gasteiger partial charge on any atom is -0.469 e. The number of epoxide rings is 1. The first kappa shape index (κ1) is 16.9. The van der Waals surface area contributed by atoms with Crippen LogP contribution in [0.1, 0.15) is 63.5 Å². The largest absolute Gasteiger partial charge is 0.469 e. The Morgan fingerprint density at radius 2 is 2.16 bits per heavy atom. The molecule has 1 aromatic rings. The zero-order chi connectivity index (χ0) is 18.2. The lowest BCUT2D eigenvalue weighted by Gasteiger charge is -2.54. The quantitative estimate of drug-likeness (QED) is 0.505. The minimum atomic E-state index is -1.00. The van der Waals surface area contributed by atoms with Crippen molar-refractivity contribution in [2.75, 3.05) is 0 Å². The van der Waals surface area contributed by atoms with Gasteiger partial charge < -0.3 is 19.0 Å². The monoisotopic (exact) mass is 346 g/mol. The fourth-order valence-corrected chi connectivity index (χ4v) is 4.96. The molecule has 3 aliphatic rings. The molecule has 2 aliphatic carbocycles. The van der Waals surface area contributed by atoms with Gasteiger partial charge in [0.25, 0.3) is 0 Å². The number of esters is 1. The topological polar surface area (TPSA) is 72.2 Å². The highest BCUT2D eigenvalue weighted by molar-refractivity contribution is 5.88. The molecule has 2 fully saturated rings. The zero-order valence-corrected chi connectivity index (χ0v) is 15.5. The maximum atomic E-state index is 12.6. The number of hydrogen-bond donors (Lipinski definition) is 1. The molecule has 5 nitrogen and oxygen atoms in total. The Labute approximate surface area is 148 Å². The van der Waals surface area contributed by atoms with Crippen LogP contribution >= 0.6 is 0 Å². The van der Waals surface area contributed by atoms with E-state index in [0.29, 0.717) is 18.4 Å². The lowest BCUT2D eigenvalue weighted by atomic mass is 9.51. The molecular formula is C20H26O5. The molecule has 5 heteroatoms. The van der Waals surface area contributed by atoms with Crippen LogP contribution in [-0.4, -0.2) is 28.4 Å². The fraction of sp³-hybridized carbons (Fsp3) is 0.650. The maximum absolute atomic E-state index is 12.6. The van der Waals surface area contributed by atoms with Crippen molar-refractivity contribution in [1.29, 1.82) is 0 Å². The van der Waals surface area contributed by atoms with Crippen molar-refractivity contribution >= 4 is 5.97 Å². The molecule has 0 amide bonds. The number of furan rings is 1. The van der Waals surface area contributed by atoms with Gasteiger partial charge in [0.05, 0.1) is 23.4 Å². The van der Waals surface area contributed by atoms with Crippen molar-refractivity contribution in [2.24, 2.45) is 5.41 Å². The second kappa shape index (κ2) is 4.98. The summed E-state index contributed by atoms with van der Waals surface area (Å²) in [6.07, 6.45) is 4.98. The standard InChI is InChI=1S/C20H26O5/c1-6-11(2)17(21)24-16-15-12(3)10-23-13(15)9-20-14(25-20)7-8-18(4,22)19(16,20)5/h6,10,14,16,22H,7-9H2,1-5H3. The normalized spacial score (nSPS) is 42.2. The Hall–Kier alpha value is -1.59. The van der Waals surface area contributed by atoms with Crippen molar-refractivity contribution in [3.63, 3.8) is 0 Å². The second-order valence-electron chi connectivity index (χ2n) is 8.20. The third kappa shape index (κ3) is 1.94. The predicted molar refractivity (Wildman–Crippen MR) is 91.0 cm³/mol. The summed E-state index contributed by atoms with van der Waals surface area (Å²) in [5.74, 6) is 0.446. The summed E-state index contributed by atoms with van der Waals surface area (Å²) < 4.78 is 17.9. The van der Waals surface area contributed by atoms with Crippen LogP contribution in [0.25, 0.3) is 0 Å². The van der Waals surface area contributed by atoms with Crippen molar-refractivity contribution in [1.82, 2.24) is 0 Å². The first-order valence-corrected chi connectivity index (χ1v) is 8.99. The van der Waals surface area contributed by atoms with Gasteiger partial charge in [-0.05, 0) is 46.1 Å². The van der Waals surface area contributed by atoms with Crippen LogP contribution in [-0.2, 0) is 20.7 Å². The molecule has 25 heavy (non-hydrogen) atoms. The van der Waals surface area contributed by atoms with Crippen LogP contribution in [0.2, 0.25) is 0 Å². The summed E-state index contributed by atoms with van der Waals surface area (Å²) in [5.41, 5.74) is 0.127. The van der Waals surface area contributed by atoms with Crippen LogP contribution in [0.4, 0.5) is 0 Å². The van der Waals surface area contributed by atoms with Gasteiger partial charge in [-0.15, -0.1) is 0 Å². The van der Waals surface area contributed by atoms with Crippen LogP contribution < -0.4 is 0 Å². The van der Waals surface area contributed by atoms with Crippen LogP contribution in [0.3, 0.4) is 0 Å². The Balaban J connectivity index is 1.88. The van der Waals surface area contributed by atoms with E-state index in [2.05, 4.69) is 0 Å². The summed E-state index contributed by atoms with van der Waals surface area (Å²) in [5, 5.41) is 11.3. The average Bonchev–Trinajstić information content (AvgIpc) is 3.16. The average molecular weight is 346 g/mol. The molecule has 0 bridgehead atoms. The third-order valence-electron chi connectivity index (χ3n) is 7.00. The van der Waals surface area contributed by atoms with Gasteiger partial charge in [-0.1, -0.05) is 13.0 Å². The highest BCUT2D eigenvalue weighted by Gasteiger charge is 2.79. The Morgan fingerprint density at radius 1 is 1.44 bits per heavy atom. The van der Waals surface area contributed by atoms with Gasteiger partial charge in [-0.2, -0.15) is 0 Å². The molecular weight excluding hydrogens is 320 g/mol. The number of fused-ring (bicyclic) bond motifs is 1. The molecule has 1 spiro atoms. The van der Waals surface area contributed by atoms with Crippen LogP contribution in [0.15, 0.2) is 22.3 Å². The molecule has 0 aromatic carbocycles. The van der Waals surface area contributed by atoms with E-state index < -0.39 is 22.7 Å². The Kier molecular flexibility index (Phi) is 3.36. The fourth-order valence-electron chi connectivity index (χ4n) is 4.96. The number of hydrogen-bond acceptors (Lipinski definition) is 5. The van der Waals surface area contributed by atoms with Gasteiger partial charge in [0, 0.05) is 17.6 Å². The van der Waals surface area contributed by atoms with E-state index in [-0.39, 0.29) is 12.1 Å². The number of aliphatic hydroxyl groups is 1. The molecule has 1 N–H and O–H groups in total. The molecule has 4 rings (SSSR count). The summed E-state index contributed by atoms with van der Waals surface area (Å²) in [6, 6.07) is 0. The van der Waals surface area contributed by atoms with Crippen molar-refractivity contribution < 1.29 is 23.8 Å². The van der Waals surface area contributed by atoms with Crippen molar-refractivity contribution in [3.8, 4) is 0 Å². The van der Waals surface area contributed by atoms with E-state index in [1.54, 1.807) is 19.3 Å². The van der Waals surface area contributed by atoms with Crippen LogP contribution in [0.5, 0.6) is 0 Å².